The normalized spacial score (nSPS) is 10.6. The van der Waals surface area contributed by atoms with Gasteiger partial charge in [-0.05, 0) is 32.6 Å². The van der Waals surface area contributed by atoms with E-state index in [4.69, 9.17) is 5.84 Å². The van der Waals surface area contributed by atoms with Crippen molar-refractivity contribution in [3.8, 4) is 0 Å². The van der Waals surface area contributed by atoms with Gasteiger partial charge in [-0.2, -0.15) is 0 Å². The number of pyridine rings is 1. The Balaban J connectivity index is 2.73. The van der Waals surface area contributed by atoms with Gasteiger partial charge in [0.2, 0.25) is 0 Å². The zero-order valence-electron chi connectivity index (χ0n) is 11.9. The van der Waals surface area contributed by atoms with Crippen LogP contribution in [0.2, 0.25) is 0 Å². The third kappa shape index (κ3) is 4.84. The van der Waals surface area contributed by atoms with E-state index < -0.39 is 0 Å². The molecule has 3 N–H and O–H groups in total. The molecule has 6 nitrogen and oxygen atoms in total. The number of hydrazine groups is 1. The predicted octanol–water partition coefficient (Wildman–Crippen LogP) is 0.781. The molecule has 1 rings (SSSR count). The van der Waals surface area contributed by atoms with Gasteiger partial charge >= 0.3 is 0 Å². The number of carbonyl (C=O) groups excluding carboxylic acids is 1. The van der Waals surface area contributed by atoms with E-state index in [1.165, 1.54) is 0 Å². The van der Waals surface area contributed by atoms with Gasteiger partial charge in [-0.3, -0.25) is 10.6 Å². The lowest BCUT2D eigenvalue weighted by molar-refractivity contribution is 0.0739. The second kappa shape index (κ2) is 7.70. The Hall–Kier alpha value is -1.66. The molecule has 0 aliphatic heterocycles. The van der Waals surface area contributed by atoms with Crippen molar-refractivity contribution in [2.45, 2.75) is 13.3 Å². The van der Waals surface area contributed by atoms with Crippen molar-refractivity contribution in [3.63, 3.8) is 0 Å². The molecule has 0 aromatic carbocycles. The molecule has 0 aliphatic carbocycles. The summed E-state index contributed by atoms with van der Waals surface area (Å²) in [6.07, 6.45) is 2.49. The molecule has 106 valence electrons. The number of nitrogens with zero attached hydrogens (tertiary/aromatic N) is 3. The summed E-state index contributed by atoms with van der Waals surface area (Å²) in [6, 6.07) is 3.44. The summed E-state index contributed by atoms with van der Waals surface area (Å²) >= 11 is 0. The summed E-state index contributed by atoms with van der Waals surface area (Å²) < 4.78 is 0. The molecule has 0 aliphatic rings. The van der Waals surface area contributed by atoms with Crippen molar-refractivity contribution in [2.75, 3.05) is 39.2 Å². The van der Waals surface area contributed by atoms with Crippen LogP contribution in [0.5, 0.6) is 0 Å². The zero-order valence-corrected chi connectivity index (χ0v) is 11.9. The first-order valence-electron chi connectivity index (χ1n) is 6.45. The van der Waals surface area contributed by atoms with Crippen LogP contribution in [-0.2, 0) is 0 Å². The van der Waals surface area contributed by atoms with Crippen LogP contribution in [0.15, 0.2) is 18.3 Å². The van der Waals surface area contributed by atoms with Crippen molar-refractivity contribution in [1.29, 1.82) is 0 Å². The molecule has 0 unspecified atom stereocenters. The number of amides is 1. The number of likely N-dealkylation sites (N-methyl/N-ethyl adjacent to an activating group) is 1. The van der Waals surface area contributed by atoms with E-state index in [-0.39, 0.29) is 5.91 Å². The fourth-order valence-corrected chi connectivity index (χ4v) is 1.67. The average Bonchev–Trinajstić information content (AvgIpc) is 2.42. The summed E-state index contributed by atoms with van der Waals surface area (Å²) in [6.45, 7) is 4.35. The minimum Gasteiger partial charge on any atom is -0.336 e. The summed E-state index contributed by atoms with van der Waals surface area (Å²) in [7, 11) is 3.99. The number of hydrogen-bond donors (Lipinski definition) is 2. The summed E-state index contributed by atoms with van der Waals surface area (Å²) in [5.41, 5.74) is 3.63. The molecule has 0 atom stereocenters. The molecule has 6 heteroatoms. The molecule has 0 fully saturated rings. The maximum Gasteiger partial charge on any atom is 0.272 e. The number of aromatic nitrogens is 1. The number of nitrogen functional groups attached to an aromatic ring is 1. The third-order valence-electron chi connectivity index (χ3n) is 2.75. The van der Waals surface area contributed by atoms with Crippen molar-refractivity contribution < 1.29 is 4.79 Å². The average molecular weight is 265 g/mol. The van der Waals surface area contributed by atoms with Gasteiger partial charge in [0, 0.05) is 19.6 Å². The number of hydrogen-bond acceptors (Lipinski definition) is 5. The zero-order chi connectivity index (χ0) is 14.3. The van der Waals surface area contributed by atoms with E-state index >= 15 is 0 Å². The second-order valence-corrected chi connectivity index (χ2v) is 4.67. The first kappa shape index (κ1) is 15.4. The van der Waals surface area contributed by atoms with E-state index in [2.05, 4.69) is 22.2 Å². The van der Waals surface area contributed by atoms with Gasteiger partial charge in [0.25, 0.3) is 5.91 Å². The Morgan fingerprint density at radius 2 is 2.05 bits per heavy atom. The Bertz CT molecular complexity index is 391. The largest absolute Gasteiger partial charge is 0.336 e. The molecule has 1 heterocycles. The van der Waals surface area contributed by atoms with E-state index in [0.29, 0.717) is 17.9 Å². The summed E-state index contributed by atoms with van der Waals surface area (Å²) in [5.74, 6) is 5.24. The highest BCUT2D eigenvalue weighted by molar-refractivity contribution is 5.92. The van der Waals surface area contributed by atoms with Gasteiger partial charge in [0.1, 0.15) is 5.69 Å². The highest BCUT2D eigenvalue weighted by Crippen LogP contribution is 2.07. The Kier molecular flexibility index (Phi) is 6.24. The molecule has 0 bridgehead atoms. The maximum absolute atomic E-state index is 12.3. The predicted molar refractivity (Wildman–Crippen MR) is 76.8 cm³/mol. The summed E-state index contributed by atoms with van der Waals surface area (Å²) in [4.78, 5) is 20.4. The molecular weight excluding hydrogens is 242 g/mol. The monoisotopic (exact) mass is 265 g/mol. The van der Waals surface area contributed by atoms with Crippen molar-refractivity contribution in [2.24, 2.45) is 5.84 Å². The quantitative estimate of drug-likeness (QED) is 0.563. The lowest BCUT2D eigenvalue weighted by Gasteiger charge is -2.23. The topological polar surface area (TPSA) is 74.5 Å². The van der Waals surface area contributed by atoms with Gasteiger partial charge in [-0.1, -0.05) is 6.92 Å². The second-order valence-electron chi connectivity index (χ2n) is 4.67. The maximum atomic E-state index is 12.3. The van der Waals surface area contributed by atoms with Crippen molar-refractivity contribution in [3.05, 3.63) is 24.0 Å². The van der Waals surface area contributed by atoms with Crippen LogP contribution in [0.25, 0.3) is 0 Å². The van der Waals surface area contributed by atoms with Crippen LogP contribution < -0.4 is 11.3 Å². The highest BCUT2D eigenvalue weighted by Gasteiger charge is 2.16. The van der Waals surface area contributed by atoms with E-state index in [9.17, 15) is 4.79 Å². The van der Waals surface area contributed by atoms with Gasteiger partial charge in [-0.15, -0.1) is 0 Å². The van der Waals surface area contributed by atoms with Crippen LogP contribution >= 0.6 is 0 Å². The van der Waals surface area contributed by atoms with Gasteiger partial charge in [0.15, 0.2) is 0 Å². The number of carbonyl (C=O) groups is 1. The van der Waals surface area contributed by atoms with Crippen LogP contribution in [0, 0.1) is 0 Å². The Morgan fingerprint density at radius 1 is 1.32 bits per heavy atom. The van der Waals surface area contributed by atoms with Crippen LogP contribution in [0.1, 0.15) is 23.8 Å². The van der Waals surface area contributed by atoms with Gasteiger partial charge < -0.3 is 15.2 Å². The molecule has 1 aromatic rings. The number of nitrogens with two attached hydrogens (primary N) is 1. The molecule has 0 saturated heterocycles. The van der Waals surface area contributed by atoms with Crippen molar-refractivity contribution >= 4 is 11.6 Å². The van der Waals surface area contributed by atoms with Gasteiger partial charge in [0.05, 0.1) is 11.9 Å². The highest BCUT2D eigenvalue weighted by atomic mass is 16.2. The molecule has 0 saturated carbocycles. The molecule has 1 amide bonds. The first-order valence-corrected chi connectivity index (χ1v) is 6.45. The fourth-order valence-electron chi connectivity index (χ4n) is 1.67. The molecule has 19 heavy (non-hydrogen) atoms. The third-order valence-corrected chi connectivity index (χ3v) is 2.75. The Morgan fingerprint density at radius 3 is 2.53 bits per heavy atom. The van der Waals surface area contributed by atoms with Crippen LogP contribution in [-0.4, -0.2) is 54.4 Å². The smallest absolute Gasteiger partial charge is 0.272 e. The van der Waals surface area contributed by atoms with Gasteiger partial charge in [-0.25, -0.2) is 4.98 Å². The van der Waals surface area contributed by atoms with E-state index in [1.54, 1.807) is 18.3 Å². The minimum atomic E-state index is -0.0349. The molecule has 0 radical (unpaired) electrons. The Labute approximate surface area is 114 Å². The lowest BCUT2D eigenvalue weighted by atomic mass is 10.2. The van der Waals surface area contributed by atoms with E-state index in [0.717, 1.165) is 19.5 Å². The number of nitrogens with one attached hydrogen (secondary N) is 1. The first-order chi connectivity index (χ1) is 9.08. The van der Waals surface area contributed by atoms with E-state index in [1.807, 2.05) is 19.0 Å². The molecular formula is C13H23N5O. The number of anilines is 1. The number of rotatable bonds is 7. The van der Waals surface area contributed by atoms with Crippen LogP contribution in [0.4, 0.5) is 5.69 Å². The molecule has 1 aromatic heterocycles. The molecule has 0 spiro atoms. The summed E-state index contributed by atoms with van der Waals surface area (Å²) in [5, 5.41) is 0. The van der Waals surface area contributed by atoms with Crippen LogP contribution in [0.3, 0.4) is 0 Å². The standard InChI is InChI=1S/C13H23N5O/c1-4-7-18(9-8-17(2)3)13(19)12-6-5-11(16-14)10-15-12/h5-6,10,16H,4,7-9,14H2,1-3H3. The SMILES string of the molecule is CCCN(CCN(C)C)C(=O)c1ccc(NN)cn1. The fraction of sp³-hybridized carbons (Fsp3) is 0.538. The van der Waals surface area contributed by atoms with Crippen molar-refractivity contribution in [1.82, 2.24) is 14.8 Å². The minimum absolute atomic E-state index is 0.0349. The lowest BCUT2D eigenvalue weighted by Crippen LogP contribution is -2.37.